The zero-order valence-corrected chi connectivity index (χ0v) is 11.3. The molecule has 1 aromatic heterocycles. The molecule has 1 aromatic carbocycles. The first-order chi connectivity index (χ1) is 9.52. The lowest BCUT2D eigenvalue weighted by atomic mass is 10.1. The van der Waals surface area contributed by atoms with Gasteiger partial charge in [-0.15, -0.1) is 10.2 Å². The summed E-state index contributed by atoms with van der Waals surface area (Å²) in [4.78, 5) is 11.7. The van der Waals surface area contributed by atoms with Crippen LogP contribution < -0.4 is 10.1 Å². The van der Waals surface area contributed by atoms with E-state index in [0.717, 1.165) is 5.01 Å². The highest BCUT2D eigenvalue weighted by Crippen LogP contribution is 2.17. The molecule has 0 atom stereocenters. The second-order valence-corrected chi connectivity index (χ2v) is 5.06. The molecule has 5 nitrogen and oxygen atoms in total. The summed E-state index contributed by atoms with van der Waals surface area (Å²) < 4.78 is 28.2. The molecule has 0 bridgehead atoms. The van der Waals surface area contributed by atoms with Gasteiger partial charge in [-0.05, 0) is 24.6 Å². The maximum absolute atomic E-state index is 12.0. The molecule has 106 valence electrons. The molecule has 2 rings (SSSR count). The van der Waals surface area contributed by atoms with Gasteiger partial charge in [-0.25, -0.2) is 0 Å². The molecule has 0 aliphatic heterocycles. The summed E-state index contributed by atoms with van der Waals surface area (Å²) in [5, 5.41) is 11.4. The van der Waals surface area contributed by atoms with Crippen molar-refractivity contribution < 1.29 is 18.3 Å². The van der Waals surface area contributed by atoms with Crippen LogP contribution in [0.25, 0.3) is 0 Å². The fraction of sp³-hybridized carbons (Fsp3) is 0.250. The molecule has 0 aliphatic rings. The Morgan fingerprint density at radius 2 is 2.05 bits per heavy atom. The number of carbonyl (C=O) groups excluding carboxylic acids is 1. The summed E-state index contributed by atoms with van der Waals surface area (Å²) in [6.07, 6.45) is 0.119. The number of amides is 1. The van der Waals surface area contributed by atoms with Gasteiger partial charge in [-0.1, -0.05) is 23.5 Å². The van der Waals surface area contributed by atoms with Crippen LogP contribution in [-0.4, -0.2) is 22.7 Å². The van der Waals surface area contributed by atoms with Crippen LogP contribution in [0.3, 0.4) is 0 Å². The first-order valence-corrected chi connectivity index (χ1v) is 6.48. The number of nitrogens with zero attached hydrogens (tertiary/aromatic N) is 2. The van der Waals surface area contributed by atoms with Crippen LogP contribution >= 0.6 is 11.3 Å². The molecule has 1 amide bonds. The van der Waals surface area contributed by atoms with E-state index in [0.29, 0.717) is 10.7 Å². The molecular weight excluding hydrogens is 288 g/mol. The second-order valence-electron chi connectivity index (χ2n) is 3.87. The summed E-state index contributed by atoms with van der Waals surface area (Å²) in [6.45, 7) is -1.07. The monoisotopic (exact) mass is 299 g/mol. The quantitative estimate of drug-likeness (QED) is 0.922. The predicted octanol–water partition coefficient (Wildman–Crippen LogP) is 2.63. The van der Waals surface area contributed by atoms with E-state index >= 15 is 0 Å². The van der Waals surface area contributed by atoms with Crippen molar-refractivity contribution in [2.45, 2.75) is 20.0 Å². The minimum atomic E-state index is -2.86. The van der Waals surface area contributed by atoms with Crippen molar-refractivity contribution in [3.63, 3.8) is 0 Å². The summed E-state index contributed by atoms with van der Waals surface area (Å²) >= 11 is 1.28. The SMILES string of the molecule is Cc1nnc(NC(=O)Cc2ccc(OC(F)F)cc2)s1. The van der Waals surface area contributed by atoms with Gasteiger partial charge in [0, 0.05) is 0 Å². The summed E-state index contributed by atoms with van der Waals surface area (Å²) in [5.74, 6) is -0.187. The Hall–Kier alpha value is -2.09. The lowest BCUT2D eigenvalue weighted by Gasteiger charge is -2.05. The van der Waals surface area contributed by atoms with E-state index < -0.39 is 6.61 Å². The van der Waals surface area contributed by atoms with Crippen LogP contribution in [-0.2, 0) is 11.2 Å². The average molecular weight is 299 g/mol. The van der Waals surface area contributed by atoms with Crippen molar-refractivity contribution in [2.75, 3.05) is 5.32 Å². The van der Waals surface area contributed by atoms with E-state index in [4.69, 9.17) is 0 Å². The molecule has 2 aromatic rings. The van der Waals surface area contributed by atoms with Gasteiger partial charge in [0.1, 0.15) is 10.8 Å². The zero-order valence-electron chi connectivity index (χ0n) is 10.5. The fourth-order valence-electron chi connectivity index (χ4n) is 1.48. The lowest BCUT2D eigenvalue weighted by Crippen LogP contribution is -2.14. The predicted molar refractivity (Wildman–Crippen MR) is 70.1 cm³/mol. The average Bonchev–Trinajstić information content (AvgIpc) is 2.76. The second kappa shape index (κ2) is 6.38. The molecule has 0 saturated carbocycles. The van der Waals surface area contributed by atoms with Crippen LogP contribution in [0.1, 0.15) is 10.6 Å². The van der Waals surface area contributed by atoms with Crippen LogP contribution in [0.4, 0.5) is 13.9 Å². The highest BCUT2D eigenvalue weighted by molar-refractivity contribution is 7.15. The van der Waals surface area contributed by atoms with E-state index in [9.17, 15) is 13.6 Å². The number of nitrogens with one attached hydrogen (secondary N) is 1. The Morgan fingerprint density at radius 3 is 2.60 bits per heavy atom. The van der Waals surface area contributed by atoms with E-state index in [1.807, 2.05) is 0 Å². The number of anilines is 1. The number of hydrogen-bond donors (Lipinski definition) is 1. The smallest absolute Gasteiger partial charge is 0.387 e. The number of rotatable bonds is 5. The van der Waals surface area contributed by atoms with Crippen molar-refractivity contribution >= 4 is 22.4 Å². The Morgan fingerprint density at radius 1 is 1.35 bits per heavy atom. The summed E-state index contributed by atoms with van der Waals surface area (Å²) in [7, 11) is 0. The standard InChI is InChI=1S/C12H11F2N3O2S/c1-7-16-17-12(20-7)15-10(18)6-8-2-4-9(5-3-8)19-11(13)14/h2-5,11H,6H2,1H3,(H,15,17,18). The highest BCUT2D eigenvalue weighted by atomic mass is 32.1. The highest BCUT2D eigenvalue weighted by Gasteiger charge is 2.08. The van der Waals surface area contributed by atoms with Crippen LogP contribution in [0, 0.1) is 6.92 Å². The molecule has 20 heavy (non-hydrogen) atoms. The van der Waals surface area contributed by atoms with E-state index in [2.05, 4.69) is 20.3 Å². The minimum Gasteiger partial charge on any atom is -0.435 e. The van der Waals surface area contributed by atoms with Crippen molar-refractivity contribution in [1.82, 2.24) is 10.2 Å². The van der Waals surface area contributed by atoms with E-state index in [1.165, 1.54) is 23.5 Å². The normalized spacial score (nSPS) is 10.6. The molecule has 0 fully saturated rings. The van der Waals surface area contributed by atoms with Crippen molar-refractivity contribution in [1.29, 1.82) is 0 Å². The minimum absolute atomic E-state index is 0.0592. The number of hydrogen-bond acceptors (Lipinski definition) is 5. The van der Waals surface area contributed by atoms with Crippen LogP contribution in [0.2, 0.25) is 0 Å². The largest absolute Gasteiger partial charge is 0.435 e. The molecule has 1 heterocycles. The maximum atomic E-state index is 12.0. The van der Waals surface area contributed by atoms with Crippen LogP contribution in [0.5, 0.6) is 5.75 Å². The van der Waals surface area contributed by atoms with Crippen LogP contribution in [0.15, 0.2) is 24.3 Å². The van der Waals surface area contributed by atoms with Crippen molar-refractivity contribution in [3.8, 4) is 5.75 Å². The molecule has 8 heteroatoms. The van der Waals surface area contributed by atoms with Crippen molar-refractivity contribution in [3.05, 3.63) is 34.8 Å². The molecule has 0 saturated heterocycles. The molecule has 0 spiro atoms. The fourth-order valence-corrected chi connectivity index (χ4v) is 2.09. The first-order valence-electron chi connectivity index (χ1n) is 5.66. The van der Waals surface area contributed by atoms with Gasteiger partial charge in [-0.2, -0.15) is 8.78 Å². The Balaban J connectivity index is 1.91. The molecule has 0 aliphatic carbocycles. The number of ether oxygens (including phenoxy) is 1. The number of alkyl halides is 2. The van der Waals surface area contributed by atoms with Gasteiger partial charge in [0.05, 0.1) is 6.42 Å². The maximum Gasteiger partial charge on any atom is 0.387 e. The zero-order chi connectivity index (χ0) is 14.5. The first kappa shape index (κ1) is 14.3. The number of carbonyl (C=O) groups is 1. The Bertz CT molecular complexity index is 587. The third-order valence-electron chi connectivity index (χ3n) is 2.29. The van der Waals surface area contributed by atoms with E-state index in [-0.39, 0.29) is 18.1 Å². The van der Waals surface area contributed by atoms with E-state index in [1.54, 1.807) is 19.1 Å². The molecule has 0 unspecified atom stereocenters. The van der Waals surface area contributed by atoms with Crippen molar-refractivity contribution in [2.24, 2.45) is 0 Å². The molecule has 0 radical (unpaired) electrons. The van der Waals surface area contributed by atoms with Gasteiger partial charge in [0.25, 0.3) is 0 Å². The Labute approximate surface area is 117 Å². The number of halogens is 2. The molecule has 1 N–H and O–H groups in total. The number of aryl methyl sites for hydroxylation is 1. The summed E-state index contributed by atoms with van der Waals surface area (Å²) in [5.41, 5.74) is 0.686. The van der Waals surface area contributed by atoms with Gasteiger partial charge >= 0.3 is 6.61 Å². The van der Waals surface area contributed by atoms with Gasteiger partial charge < -0.3 is 10.1 Å². The number of aromatic nitrogens is 2. The topological polar surface area (TPSA) is 64.1 Å². The van der Waals surface area contributed by atoms with Gasteiger partial charge in [0.2, 0.25) is 11.0 Å². The third-order valence-corrected chi connectivity index (χ3v) is 3.04. The van der Waals surface area contributed by atoms with Gasteiger partial charge in [0.15, 0.2) is 0 Å². The molecular formula is C12H11F2N3O2S. The Kier molecular flexibility index (Phi) is 4.57. The number of benzene rings is 1. The summed E-state index contributed by atoms with van der Waals surface area (Å²) in [6, 6.07) is 5.90. The third kappa shape index (κ3) is 4.23. The lowest BCUT2D eigenvalue weighted by molar-refractivity contribution is -0.115. The van der Waals surface area contributed by atoms with Gasteiger partial charge in [-0.3, -0.25) is 4.79 Å².